The van der Waals surface area contributed by atoms with Crippen molar-refractivity contribution in [3.05, 3.63) is 0 Å². The van der Waals surface area contributed by atoms with Gasteiger partial charge in [-0.2, -0.15) is 7.82 Å². The van der Waals surface area contributed by atoms with Crippen molar-refractivity contribution in [2.45, 2.75) is 213 Å². The molecule has 11 heteroatoms. The van der Waals surface area contributed by atoms with Crippen LogP contribution in [0.2, 0.25) is 0 Å². The maximum atomic E-state index is 8.60. The number of nitrogens with two attached hydrogens (primary N) is 3. The van der Waals surface area contributed by atoms with E-state index in [1.54, 1.807) is 0 Å². The molecule has 0 spiro atoms. The van der Waals surface area contributed by atoms with Crippen LogP contribution in [0.3, 0.4) is 0 Å². The maximum absolute atomic E-state index is 8.60. The van der Waals surface area contributed by atoms with Gasteiger partial charge in [0.2, 0.25) is 0 Å². The molecular weight excluding hydrogens is 689 g/mol. The van der Waals surface area contributed by atoms with Gasteiger partial charge in [-0.15, -0.1) is 0 Å². The van der Waals surface area contributed by atoms with E-state index in [1.165, 1.54) is 212 Å². The van der Waals surface area contributed by atoms with Gasteiger partial charge in [-0.1, -0.05) is 175 Å². The summed E-state index contributed by atoms with van der Waals surface area (Å²) in [6.07, 6.45) is 42.1. The average molecular weight is 786 g/mol. The summed E-state index contributed by atoms with van der Waals surface area (Å²) in [5.74, 6) is 0. The van der Waals surface area contributed by atoms with Gasteiger partial charge in [0, 0.05) is 0 Å². The lowest BCUT2D eigenvalue weighted by Gasteiger charge is -2.36. The summed E-state index contributed by atoms with van der Waals surface area (Å²) < 4.78 is 8.55. The van der Waals surface area contributed by atoms with Gasteiger partial charge in [0.05, 0.1) is 59.1 Å². The van der Waals surface area contributed by atoms with Gasteiger partial charge in [-0.25, -0.2) is 0 Å². The standard InChI is InChI=1S/3C14H31NO.H3O4P/c3*1-2-3-4-5-6-7-8-9-10-11-12-15-13-14-16;1-5(2,3)4/h3*15-16H,2-14H2,1H3;(H3,1,2,3,4). The summed E-state index contributed by atoms with van der Waals surface area (Å²) in [7, 11) is -5.39. The fraction of sp³-hybridized carbons (Fsp3) is 1.00. The van der Waals surface area contributed by atoms with Crippen LogP contribution >= 0.6 is 7.82 Å². The smallest absolute Gasteiger partial charge is 0.0990 e. The molecule has 326 valence electrons. The molecule has 0 unspecified atom stereocenters. The van der Waals surface area contributed by atoms with Crippen molar-refractivity contribution >= 4 is 7.82 Å². The molecule has 0 atom stereocenters. The van der Waals surface area contributed by atoms with E-state index in [0.717, 1.165) is 19.6 Å². The Labute approximate surface area is 330 Å². The van der Waals surface area contributed by atoms with Crippen LogP contribution in [0.1, 0.15) is 213 Å². The van der Waals surface area contributed by atoms with Gasteiger partial charge in [0.25, 0.3) is 0 Å². The summed E-state index contributed by atoms with van der Waals surface area (Å²) in [5, 5.41) is 32.4. The van der Waals surface area contributed by atoms with Crippen molar-refractivity contribution in [3.63, 3.8) is 0 Å². The molecule has 0 aliphatic carbocycles. The van der Waals surface area contributed by atoms with Crippen LogP contribution < -0.4 is 30.6 Å². The predicted molar refractivity (Wildman–Crippen MR) is 219 cm³/mol. The number of aliphatic hydroxyl groups is 3. The molecule has 0 bridgehead atoms. The first-order valence-corrected chi connectivity index (χ1v) is 24.2. The highest BCUT2D eigenvalue weighted by Gasteiger charge is 1.96. The third kappa shape index (κ3) is 85.4. The maximum Gasteiger partial charge on any atom is 0.0990 e. The summed E-state index contributed by atoms with van der Waals surface area (Å²) in [4.78, 5) is 25.6. The van der Waals surface area contributed by atoms with Crippen molar-refractivity contribution in [1.82, 2.24) is 0 Å². The molecule has 53 heavy (non-hydrogen) atoms. The lowest BCUT2D eigenvalue weighted by atomic mass is 10.1. The second-order valence-corrected chi connectivity index (χ2v) is 15.7. The lowest BCUT2D eigenvalue weighted by molar-refractivity contribution is -0.656. The van der Waals surface area contributed by atoms with E-state index in [-0.39, 0.29) is 0 Å². The summed E-state index contributed by atoms with van der Waals surface area (Å²) in [6, 6.07) is 0. The Balaban J connectivity index is -0.000000318. The Morgan fingerprint density at radius 3 is 0.623 bits per heavy atom. The van der Waals surface area contributed by atoms with Gasteiger partial charge in [0.1, 0.15) is 0 Å². The van der Waals surface area contributed by atoms with Gasteiger partial charge < -0.3 is 50.5 Å². The van der Waals surface area contributed by atoms with Crippen LogP contribution in [0.4, 0.5) is 0 Å². The van der Waals surface area contributed by atoms with Crippen molar-refractivity contribution < 1.29 is 50.5 Å². The monoisotopic (exact) mass is 786 g/mol. The van der Waals surface area contributed by atoms with E-state index < -0.39 is 7.82 Å². The van der Waals surface area contributed by atoms with E-state index >= 15 is 0 Å². The third-order valence-corrected chi connectivity index (χ3v) is 9.29. The molecule has 0 aromatic carbocycles. The highest BCUT2D eigenvalue weighted by Crippen LogP contribution is 2.12. The zero-order valence-electron chi connectivity index (χ0n) is 35.7. The van der Waals surface area contributed by atoms with E-state index in [1.807, 2.05) is 0 Å². The van der Waals surface area contributed by atoms with Crippen LogP contribution in [-0.2, 0) is 4.57 Å². The molecule has 0 fully saturated rings. The second kappa shape index (κ2) is 58.6. The van der Waals surface area contributed by atoms with Crippen LogP contribution in [0, 0.1) is 0 Å². The first kappa shape index (κ1) is 59.6. The van der Waals surface area contributed by atoms with E-state index in [2.05, 4.69) is 36.7 Å². The van der Waals surface area contributed by atoms with Crippen molar-refractivity contribution in [1.29, 1.82) is 0 Å². The van der Waals surface area contributed by atoms with Crippen LogP contribution in [0.25, 0.3) is 0 Å². The van der Waals surface area contributed by atoms with Crippen molar-refractivity contribution in [3.8, 4) is 0 Å². The van der Waals surface area contributed by atoms with E-state index in [4.69, 9.17) is 34.6 Å². The van der Waals surface area contributed by atoms with Crippen LogP contribution in [-0.4, -0.2) is 74.4 Å². The number of hydrogen-bond donors (Lipinski definition) is 6. The molecule has 0 radical (unpaired) electrons. The minimum absolute atomic E-state index is 0.317. The molecule has 0 aromatic rings. The lowest BCUT2D eigenvalue weighted by Crippen LogP contribution is -2.85. The highest BCUT2D eigenvalue weighted by atomic mass is 31.2. The number of rotatable bonds is 39. The number of hydrogen-bond acceptors (Lipinski definition) is 7. The van der Waals surface area contributed by atoms with E-state index in [9.17, 15) is 0 Å². The molecular formula is C42H96N3O7P. The predicted octanol–water partition coefficient (Wildman–Crippen LogP) is 4.56. The average Bonchev–Trinajstić information content (AvgIpc) is 3.13. The third-order valence-electron chi connectivity index (χ3n) is 9.29. The zero-order chi connectivity index (χ0) is 40.2. The topological polar surface area (TPSA) is 197 Å². The molecule has 0 heterocycles. The summed E-state index contributed by atoms with van der Waals surface area (Å²) in [6.45, 7) is 14.0. The molecule has 0 amide bonds. The molecule has 0 rings (SSSR count). The van der Waals surface area contributed by atoms with Crippen molar-refractivity contribution in [2.75, 3.05) is 59.1 Å². The molecule has 9 N–H and O–H groups in total. The second-order valence-electron chi connectivity index (χ2n) is 14.8. The first-order valence-electron chi connectivity index (χ1n) is 22.7. The fourth-order valence-electron chi connectivity index (χ4n) is 6.04. The van der Waals surface area contributed by atoms with Gasteiger partial charge in [-0.3, -0.25) is 0 Å². The normalized spacial score (nSPS) is 11.0. The Morgan fingerprint density at radius 2 is 0.472 bits per heavy atom. The number of aliphatic hydroxyl groups excluding tert-OH is 3. The molecule has 0 aliphatic rings. The van der Waals surface area contributed by atoms with Gasteiger partial charge >= 0.3 is 0 Å². The quantitative estimate of drug-likeness (QED) is 0.0388. The Kier molecular flexibility index (Phi) is 65.8. The Bertz CT molecular complexity index is 517. The first-order chi connectivity index (χ1) is 25.7. The van der Waals surface area contributed by atoms with Crippen LogP contribution in [0.15, 0.2) is 0 Å². The minimum atomic E-state index is -5.39. The Morgan fingerprint density at radius 1 is 0.321 bits per heavy atom. The van der Waals surface area contributed by atoms with E-state index in [0.29, 0.717) is 19.8 Å². The molecule has 0 aliphatic heterocycles. The molecule has 0 aromatic heterocycles. The molecule has 0 saturated heterocycles. The SMILES string of the molecule is CCCCCCCCCCCC[NH2+]CCO.CCCCCCCCCCCC[NH2+]CCO.CCCCCCCCCCCC[NH2+]CCO.O=P([O-])([O-])[O-]. The molecule has 10 nitrogen and oxygen atoms in total. The Hall–Kier alpha value is -0.130. The summed E-state index contributed by atoms with van der Waals surface area (Å²) in [5.41, 5.74) is 0. The largest absolute Gasteiger partial charge is 0.822 e. The number of quaternary nitrogens is 3. The van der Waals surface area contributed by atoms with Gasteiger partial charge in [0.15, 0.2) is 0 Å². The minimum Gasteiger partial charge on any atom is -0.822 e. The molecule has 0 saturated carbocycles. The number of phosphoric acid groups is 1. The summed E-state index contributed by atoms with van der Waals surface area (Å²) >= 11 is 0. The highest BCUT2D eigenvalue weighted by molar-refractivity contribution is 7.40. The number of unbranched alkanes of at least 4 members (excludes halogenated alkanes) is 27. The van der Waals surface area contributed by atoms with Gasteiger partial charge in [-0.05, 0) is 38.5 Å². The zero-order valence-corrected chi connectivity index (χ0v) is 36.6. The van der Waals surface area contributed by atoms with Crippen LogP contribution in [0.5, 0.6) is 0 Å². The van der Waals surface area contributed by atoms with Crippen molar-refractivity contribution in [2.24, 2.45) is 0 Å². The fourth-order valence-corrected chi connectivity index (χ4v) is 6.04.